The van der Waals surface area contributed by atoms with Crippen LogP contribution < -0.4 is 15.4 Å². The molecule has 118 valence electrons. The highest BCUT2D eigenvalue weighted by molar-refractivity contribution is 6.30. The van der Waals surface area contributed by atoms with Crippen LogP contribution in [0.3, 0.4) is 0 Å². The normalized spacial score (nSPS) is 28.1. The van der Waals surface area contributed by atoms with Crippen molar-refractivity contribution in [2.24, 2.45) is 0 Å². The van der Waals surface area contributed by atoms with Crippen LogP contribution in [0.2, 0.25) is 5.02 Å². The molecule has 0 aliphatic heterocycles. The van der Waals surface area contributed by atoms with Gasteiger partial charge < -0.3 is 15.4 Å². The molecule has 1 aromatic carbocycles. The molecule has 5 nitrogen and oxygen atoms in total. The summed E-state index contributed by atoms with van der Waals surface area (Å²) in [7, 11) is 0. The van der Waals surface area contributed by atoms with Crippen molar-refractivity contribution in [1.82, 2.24) is 10.6 Å². The smallest absolute Gasteiger partial charge is 0.258 e. The van der Waals surface area contributed by atoms with Crippen molar-refractivity contribution in [2.75, 3.05) is 6.61 Å². The monoisotopic (exact) mass is 326 g/mol. The fourth-order valence-electron chi connectivity index (χ4n) is 3.47. The summed E-state index contributed by atoms with van der Waals surface area (Å²) in [6, 6.07) is 3.94. The number of hydrogen-bond donors (Lipinski definition) is 2. The van der Waals surface area contributed by atoms with Crippen LogP contribution in [0, 0.1) is 5.82 Å². The van der Waals surface area contributed by atoms with Crippen LogP contribution in [-0.4, -0.2) is 29.5 Å². The van der Waals surface area contributed by atoms with Gasteiger partial charge in [-0.3, -0.25) is 9.59 Å². The summed E-state index contributed by atoms with van der Waals surface area (Å²) in [5.41, 5.74) is -0.326. The summed E-state index contributed by atoms with van der Waals surface area (Å²) in [6.07, 6.45) is 2.27. The Labute approximate surface area is 132 Å². The van der Waals surface area contributed by atoms with E-state index in [2.05, 4.69) is 10.6 Å². The van der Waals surface area contributed by atoms with Gasteiger partial charge in [0.1, 0.15) is 11.6 Å². The summed E-state index contributed by atoms with van der Waals surface area (Å²) in [4.78, 5) is 23.0. The molecule has 2 N–H and O–H groups in total. The molecule has 4 rings (SSSR count). The molecule has 0 atom stereocenters. The minimum atomic E-state index is -0.532. The lowest BCUT2D eigenvalue weighted by Gasteiger charge is -2.70. The Hall–Kier alpha value is -1.82. The highest BCUT2D eigenvalue weighted by Gasteiger charge is 2.69. The largest absolute Gasteiger partial charge is 0.484 e. The van der Waals surface area contributed by atoms with E-state index in [1.807, 2.05) is 0 Å². The van der Waals surface area contributed by atoms with Gasteiger partial charge in [-0.1, -0.05) is 11.6 Å². The molecule has 2 amide bonds. The Bertz CT molecular complexity index is 630. The van der Waals surface area contributed by atoms with E-state index in [9.17, 15) is 14.0 Å². The average molecular weight is 327 g/mol. The summed E-state index contributed by atoms with van der Waals surface area (Å²) < 4.78 is 18.3. The SMILES string of the molecule is CC(=O)NC12CC(NC(=O)COc3ccc(F)c(Cl)c3)(C1)C2. The molecule has 3 saturated carbocycles. The van der Waals surface area contributed by atoms with E-state index in [-0.39, 0.29) is 34.5 Å². The van der Waals surface area contributed by atoms with Crippen LogP contribution in [0.15, 0.2) is 18.2 Å². The van der Waals surface area contributed by atoms with Gasteiger partial charge in [0.2, 0.25) is 5.91 Å². The zero-order valence-corrected chi connectivity index (χ0v) is 12.8. The Morgan fingerprint density at radius 3 is 2.50 bits per heavy atom. The number of amides is 2. The Morgan fingerprint density at radius 2 is 1.91 bits per heavy atom. The van der Waals surface area contributed by atoms with Gasteiger partial charge in [0.25, 0.3) is 5.91 Å². The molecule has 0 radical (unpaired) electrons. The Kier molecular flexibility index (Phi) is 3.51. The van der Waals surface area contributed by atoms with Crippen molar-refractivity contribution in [2.45, 2.75) is 37.3 Å². The van der Waals surface area contributed by atoms with E-state index in [4.69, 9.17) is 16.3 Å². The molecule has 0 aromatic heterocycles. The molecule has 3 fully saturated rings. The number of carbonyl (C=O) groups is 2. The predicted octanol–water partition coefficient (Wildman–Crippen LogP) is 1.79. The second kappa shape index (κ2) is 5.12. The first-order valence-corrected chi connectivity index (χ1v) is 7.37. The second-order valence-corrected chi connectivity index (χ2v) is 6.59. The third kappa shape index (κ3) is 2.75. The van der Waals surface area contributed by atoms with Crippen molar-refractivity contribution >= 4 is 23.4 Å². The molecule has 3 aliphatic carbocycles. The van der Waals surface area contributed by atoms with Crippen molar-refractivity contribution < 1.29 is 18.7 Å². The van der Waals surface area contributed by atoms with Crippen molar-refractivity contribution in [1.29, 1.82) is 0 Å². The fourth-order valence-corrected chi connectivity index (χ4v) is 3.64. The predicted molar refractivity (Wildman–Crippen MR) is 78.2 cm³/mol. The van der Waals surface area contributed by atoms with Gasteiger partial charge in [0.15, 0.2) is 6.61 Å². The molecular weight excluding hydrogens is 311 g/mol. The number of benzene rings is 1. The lowest BCUT2D eigenvalue weighted by Crippen LogP contribution is -2.83. The van der Waals surface area contributed by atoms with Gasteiger partial charge in [-0.25, -0.2) is 4.39 Å². The lowest BCUT2D eigenvalue weighted by atomic mass is 9.44. The van der Waals surface area contributed by atoms with Crippen molar-refractivity contribution in [3.8, 4) is 5.75 Å². The quantitative estimate of drug-likeness (QED) is 0.867. The third-order valence-corrected chi connectivity index (χ3v) is 4.43. The minimum Gasteiger partial charge on any atom is -0.484 e. The molecule has 0 saturated heterocycles. The van der Waals surface area contributed by atoms with Crippen molar-refractivity contribution in [3.05, 3.63) is 29.0 Å². The first kappa shape index (κ1) is 15.1. The van der Waals surface area contributed by atoms with Crippen LogP contribution >= 0.6 is 11.6 Å². The van der Waals surface area contributed by atoms with Gasteiger partial charge in [0, 0.05) is 24.1 Å². The summed E-state index contributed by atoms with van der Waals surface area (Å²) in [5.74, 6) is -0.475. The highest BCUT2D eigenvalue weighted by atomic mass is 35.5. The fraction of sp³-hybridized carbons (Fsp3) is 0.467. The molecule has 0 unspecified atom stereocenters. The maximum absolute atomic E-state index is 13.0. The van der Waals surface area contributed by atoms with Gasteiger partial charge in [-0.05, 0) is 31.4 Å². The van der Waals surface area contributed by atoms with E-state index in [1.54, 1.807) is 0 Å². The van der Waals surface area contributed by atoms with E-state index in [0.29, 0.717) is 5.75 Å². The van der Waals surface area contributed by atoms with Gasteiger partial charge in [0.05, 0.1) is 5.02 Å². The molecule has 3 aliphatic rings. The standard InChI is InChI=1S/C15H16ClFN2O3/c1-9(20)18-14-6-15(7-14,8-14)19-13(21)5-22-10-2-3-12(17)11(16)4-10/h2-4H,5-8H2,1H3,(H,18,20)(H,19,21). The zero-order valence-electron chi connectivity index (χ0n) is 12.0. The topological polar surface area (TPSA) is 67.4 Å². The molecule has 7 heteroatoms. The van der Waals surface area contributed by atoms with Crippen LogP contribution in [0.5, 0.6) is 5.75 Å². The number of rotatable bonds is 5. The van der Waals surface area contributed by atoms with E-state index >= 15 is 0 Å². The first-order valence-electron chi connectivity index (χ1n) is 6.99. The van der Waals surface area contributed by atoms with E-state index in [0.717, 1.165) is 19.3 Å². The number of carbonyl (C=O) groups excluding carboxylic acids is 2. The summed E-state index contributed by atoms with van der Waals surface area (Å²) >= 11 is 5.64. The molecular formula is C15H16ClFN2O3. The van der Waals surface area contributed by atoms with Crippen LogP contribution in [0.1, 0.15) is 26.2 Å². The summed E-state index contributed by atoms with van der Waals surface area (Å²) in [6.45, 7) is 1.34. The molecule has 0 spiro atoms. The number of hydrogen-bond acceptors (Lipinski definition) is 3. The molecule has 2 bridgehead atoms. The average Bonchev–Trinajstić information content (AvgIpc) is 2.36. The van der Waals surface area contributed by atoms with Crippen LogP contribution in [0.25, 0.3) is 0 Å². The number of halogens is 2. The highest BCUT2D eigenvalue weighted by Crippen LogP contribution is 2.60. The van der Waals surface area contributed by atoms with E-state index < -0.39 is 5.82 Å². The second-order valence-electron chi connectivity index (χ2n) is 6.18. The minimum absolute atomic E-state index is 0.0452. The third-order valence-electron chi connectivity index (χ3n) is 4.14. The molecule has 22 heavy (non-hydrogen) atoms. The first-order chi connectivity index (χ1) is 10.3. The molecule has 0 heterocycles. The van der Waals surface area contributed by atoms with Crippen LogP contribution in [0.4, 0.5) is 4.39 Å². The number of ether oxygens (including phenoxy) is 1. The van der Waals surface area contributed by atoms with Crippen molar-refractivity contribution in [3.63, 3.8) is 0 Å². The summed E-state index contributed by atoms with van der Waals surface area (Å²) in [5, 5.41) is 5.80. The van der Waals surface area contributed by atoms with Crippen LogP contribution in [-0.2, 0) is 9.59 Å². The van der Waals surface area contributed by atoms with Gasteiger partial charge in [-0.15, -0.1) is 0 Å². The number of nitrogens with one attached hydrogen (secondary N) is 2. The van der Waals surface area contributed by atoms with Gasteiger partial charge >= 0.3 is 0 Å². The Morgan fingerprint density at radius 1 is 1.27 bits per heavy atom. The maximum atomic E-state index is 13.0. The molecule has 1 aromatic rings. The Balaban J connectivity index is 1.45. The lowest BCUT2D eigenvalue weighted by molar-refractivity contribution is -0.149. The zero-order chi connectivity index (χ0) is 16.0. The van der Waals surface area contributed by atoms with Gasteiger partial charge in [-0.2, -0.15) is 0 Å². The van der Waals surface area contributed by atoms with E-state index in [1.165, 1.54) is 25.1 Å². The maximum Gasteiger partial charge on any atom is 0.258 e.